The second-order valence-corrected chi connectivity index (χ2v) is 2.74. The van der Waals surface area contributed by atoms with Gasteiger partial charge in [-0.25, -0.2) is 8.78 Å². The van der Waals surface area contributed by atoms with E-state index in [1.807, 2.05) is 0 Å². The first-order chi connectivity index (χ1) is 7.10. The zero-order valence-corrected chi connectivity index (χ0v) is 7.88. The molecule has 0 bridgehead atoms. The third-order valence-corrected chi connectivity index (χ3v) is 1.81. The number of halogens is 2. The number of hydrogen-bond acceptors (Lipinski definition) is 3. The molecule has 0 aliphatic rings. The number of methoxy groups -OCH3 is 1. The van der Waals surface area contributed by atoms with E-state index in [-0.39, 0.29) is 17.9 Å². The second kappa shape index (κ2) is 4.55. The summed E-state index contributed by atoms with van der Waals surface area (Å²) in [6, 6.07) is 2.54. The number of alkyl halides is 2. The van der Waals surface area contributed by atoms with Crippen molar-refractivity contribution in [1.82, 2.24) is 4.98 Å². The Morgan fingerprint density at radius 3 is 2.80 bits per heavy atom. The fraction of sp³-hybridized carbons (Fsp3) is 0.333. The fourth-order valence-electron chi connectivity index (χ4n) is 1.12. The van der Waals surface area contributed by atoms with Crippen LogP contribution >= 0.6 is 0 Å². The number of nitriles is 1. The van der Waals surface area contributed by atoms with E-state index < -0.39 is 17.5 Å². The third-order valence-electron chi connectivity index (χ3n) is 1.81. The molecule has 1 heterocycles. The smallest absolute Gasteiger partial charge is 0.278 e. The largest absolute Gasteiger partial charge is 0.482 e. The van der Waals surface area contributed by atoms with Crippen LogP contribution in [0.3, 0.4) is 0 Å². The minimum atomic E-state index is -2.78. The summed E-state index contributed by atoms with van der Waals surface area (Å²) in [5, 5.41) is 8.44. The number of nitrogens with one attached hydrogen (secondary N) is 1. The summed E-state index contributed by atoms with van der Waals surface area (Å²) in [6.45, 7) is 0. The lowest BCUT2D eigenvalue weighted by Crippen LogP contribution is -2.13. The van der Waals surface area contributed by atoms with E-state index in [0.717, 1.165) is 6.07 Å². The van der Waals surface area contributed by atoms with Crippen molar-refractivity contribution in [3.05, 3.63) is 27.5 Å². The molecule has 0 unspecified atom stereocenters. The van der Waals surface area contributed by atoms with Gasteiger partial charge in [-0.15, -0.1) is 0 Å². The zero-order valence-electron chi connectivity index (χ0n) is 7.88. The summed E-state index contributed by atoms with van der Waals surface area (Å²) < 4.78 is 29.3. The van der Waals surface area contributed by atoms with Crippen molar-refractivity contribution in [1.29, 1.82) is 5.26 Å². The van der Waals surface area contributed by atoms with Crippen LogP contribution in [0.2, 0.25) is 0 Å². The number of rotatable bonds is 3. The van der Waals surface area contributed by atoms with Crippen molar-refractivity contribution in [3.63, 3.8) is 0 Å². The standard InChI is InChI=1S/C9H8F2N2O2/c1-15-9-5(2-3-12)7(14)4-6(13-9)8(10)11/h4,8H,2H2,1H3,(H,13,14). The highest BCUT2D eigenvalue weighted by Crippen LogP contribution is 2.19. The van der Waals surface area contributed by atoms with Gasteiger partial charge >= 0.3 is 0 Å². The van der Waals surface area contributed by atoms with Gasteiger partial charge in [0.2, 0.25) is 0 Å². The zero-order chi connectivity index (χ0) is 11.4. The van der Waals surface area contributed by atoms with Gasteiger partial charge < -0.3 is 9.72 Å². The van der Waals surface area contributed by atoms with Crippen molar-refractivity contribution in [3.8, 4) is 11.9 Å². The molecule has 80 valence electrons. The first-order valence-corrected chi connectivity index (χ1v) is 4.05. The van der Waals surface area contributed by atoms with Crippen LogP contribution in [-0.4, -0.2) is 12.1 Å². The molecule has 0 fully saturated rings. The first kappa shape index (κ1) is 11.2. The van der Waals surface area contributed by atoms with Crippen LogP contribution in [0, 0.1) is 11.3 Å². The molecule has 1 N–H and O–H groups in total. The number of nitrogens with zero attached hydrogens (tertiary/aromatic N) is 1. The average Bonchev–Trinajstić information content (AvgIpc) is 2.20. The monoisotopic (exact) mass is 214 g/mol. The van der Waals surface area contributed by atoms with Crippen LogP contribution in [0.1, 0.15) is 17.7 Å². The van der Waals surface area contributed by atoms with Gasteiger partial charge in [0.1, 0.15) is 0 Å². The summed E-state index contributed by atoms with van der Waals surface area (Å²) >= 11 is 0. The summed E-state index contributed by atoms with van der Waals surface area (Å²) in [4.78, 5) is 13.6. The highest BCUT2D eigenvalue weighted by molar-refractivity contribution is 5.31. The highest BCUT2D eigenvalue weighted by atomic mass is 19.3. The van der Waals surface area contributed by atoms with E-state index in [9.17, 15) is 13.6 Å². The van der Waals surface area contributed by atoms with Crippen LogP contribution in [0.25, 0.3) is 0 Å². The summed E-state index contributed by atoms with van der Waals surface area (Å²) in [7, 11) is 1.24. The van der Waals surface area contributed by atoms with E-state index in [2.05, 4.69) is 4.98 Å². The van der Waals surface area contributed by atoms with Crippen molar-refractivity contribution < 1.29 is 13.5 Å². The topological polar surface area (TPSA) is 65.9 Å². The number of pyridine rings is 1. The lowest BCUT2D eigenvalue weighted by Gasteiger charge is -2.07. The van der Waals surface area contributed by atoms with Crippen LogP contribution in [-0.2, 0) is 6.42 Å². The van der Waals surface area contributed by atoms with Crippen LogP contribution in [0.4, 0.5) is 8.78 Å². The van der Waals surface area contributed by atoms with Gasteiger partial charge in [0.25, 0.3) is 6.43 Å². The van der Waals surface area contributed by atoms with Crippen LogP contribution < -0.4 is 10.2 Å². The van der Waals surface area contributed by atoms with Crippen molar-refractivity contribution in [2.45, 2.75) is 12.8 Å². The molecule has 4 nitrogen and oxygen atoms in total. The van der Waals surface area contributed by atoms with Gasteiger partial charge in [0.15, 0.2) is 11.3 Å². The molecule has 0 amide bonds. The molecule has 0 atom stereocenters. The molecule has 0 saturated heterocycles. The number of aromatic nitrogens is 1. The Morgan fingerprint density at radius 1 is 1.67 bits per heavy atom. The summed E-state index contributed by atoms with van der Waals surface area (Å²) in [5.74, 6) is -0.0839. The lowest BCUT2D eigenvalue weighted by molar-refractivity contribution is 0.145. The molecule has 15 heavy (non-hydrogen) atoms. The van der Waals surface area contributed by atoms with E-state index in [4.69, 9.17) is 10.00 Å². The van der Waals surface area contributed by atoms with E-state index in [1.54, 1.807) is 6.07 Å². The molecule has 0 saturated carbocycles. The van der Waals surface area contributed by atoms with Gasteiger partial charge in [-0.05, 0) is 0 Å². The maximum absolute atomic E-state index is 12.3. The van der Waals surface area contributed by atoms with Gasteiger partial charge in [0.05, 0.1) is 30.9 Å². The van der Waals surface area contributed by atoms with Crippen LogP contribution in [0.15, 0.2) is 10.9 Å². The summed E-state index contributed by atoms with van der Waals surface area (Å²) in [5.41, 5.74) is -1.08. The highest BCUT2D eigenvalue weighted by Gasteiger charge is 2.15. The molecule has 1 aromatic heterocycles. The Labute approximate surface area is 84.1 Å². The quantitative estimate of drug-likeness (QED) is 0.826. The van der Waals surface area contributed by atoms with Crippen molar-refractivity contribution >= 4 is 0 Å². The summed E-state index contributed by atoms with van der Waals surface area (Å²) in [6.07, 6.45) is -2.95. The maximum atomic E-state index is 12.3. The number of ether oxygens (including phenoxy) is 1. The Hall–Kier alpha value is -1.90. The number of aromatic amines is 1. The van der Waals surface area contributed by atoms with Gasteiger partial charge in [-0.3, -0.25) is 4.79 Å². The molecule has 0 aliphatic carbocycles. The van der Waals surface area contributed by atoms with Gasteiger partial charge in [-0.2, -0.15) is 5.26 Å². The number of H-pyrrole nitrogens is 1. The predicted molar refractivity (Wildman–Crippen MR) is 47.9 cm³/mol. The molecule has 0 spiro atoms. The molecule has 6 heteroatoms. The molecule has 1 rings (SSSR count). The van der Waals surface area contributed by atoms with Crippen molar-refractivity contribution in [2.24, 2.45) is 0 Å². The average molecular weight is 214 g/mol. The van der Waals surface area contributed by atoms with Crippen LogP contribution in [0.5, 0.6) is 5.88 Å². The minimum Gasteiger partial charge on any atom is -0.482 e. The lowest BCUT2D eigenvalue weighted by atomic mass is 10.2. The van der Waals surface area contributed by atoms with E-state index in [1.165, 1.54) is 7.11 Å². The molecular weight excluding hydrogens is 206 g/mol. The Morgan fingerprint density at radius 2 is 2.33 bits per heavy atom. The Bertz CT molecular complexity index is 448. The molecule has 1 aromatic rings. The molecule has 0 aromatic carbocycles. The van der Waals surface area contributed by atoms with E-state index in [0.29, 0.717) is 0 Å². The second-order valence-electron chi connectivity index (χ2n) is 2.74. The van der Waals surface area contributed by atoms with Crippen molar-refractivity contribution in [2.75, 3.05) is 7.11 Å². The van der Waals surface area contributed by atoms with Gasteiger partial charge in [-0.1, -0.05) is 0 Å². The maximum Gasteiger partial charge on any atom is 0.278 e. The normalized spacial score (nSPS) is 10.1. The van der Waals surface area contributed by atoms with Gasteiger partial charge in [0, 0.05) is 6.07 Å². The fourth-order valence-corrected chi connectivity index (χ4v) is 1.12. The SMILES string of the molecule is COc1[nH]c(C(F)F)cc(=O)c1CC#N. The molecular formula is C9H8F2N2O2. The Balaban J connectivity index is 3.32. The predicted octanol–water partition coefficient (Wildman–Crippen LogP) is 1.39. The molecule has 0 aliphatic heterocycles. The first-order valence-electron chi connectivity index (χ1n) is 4.05. The third kappa shape index (κ3) is 2.31. The van der Waals surface area contributed by atoms with E-state index >= 15 is 0 Å². The number of hydrogen-bond donors (Lipinski definition) is 1. The minimum absolute atomic E-state index is 0.0596. The Kier molecular flexibility index (Phi) is 3.39. The molecule has 0 radical (unpaired) electrons.